The molecule has 162 valence electrons. The van der Waals surface area contributed by atoms with Gasteiger partial charge in [0.15, 0.2) is 5.65 Å². The highest BCUT2D eigenvalue weighted by Gasteiger charge is 2.31. The van der Waals surface area contributed by atoms with Crippen LogP contribution in [0, 0.1) is 12.8 Å². The van der Waals surface area contributed by atoms with Gasteiger partial charge >= 0.3 is 0 Å². The summed E-state index contributed by atoms with van der Waals surface area (Å²) in [4.78, 5) is 22.6. The number of aromatic nitrogens is 3. The summed E-state index contributed by atoms with van der Waals surface area (Å²) in [7, 11) is 0. The zero-order valence-corrected chi connectivity index (χ0v) is 18.3. The SMILES string of the molecule is Cc1cn2nc(C3CCCCN3C(=O)c3cccc(N)c3)cc2nc1N1CCC(C)C1. The second-order valence-corrected chi connectivity index (χ2v) is 9.09. The van der Waals surface area contributed by atoms with Crippen molar-refractivity contribution in [2.45, 2.75) is 45.6 Å². The molecule has 4 heterocycles. The summed E-state index contributed by atoms with van der Waals surface area (Å²) in [6, 6.07) is 9.24. The first-order valence-corrected chi connectivity index (χ1v) is 11.3. The Morgan fingerprint density at radius 3 is 2.81 bits per heavy atom. The van der Waals surface area contributed by atoms with Crippen LogP contribution < -0.4 is 10.6 Å². The highest BCUT2D eigenvalue weighted by molar-refractivity contribution is 5.95. The Kier molecular flexibility index (Phi) is 5.04. The molecule has 7 nitrogen and oxygen atoms in total. The van der Waals surface area contributed by atoms with Gasteiger partial charge in [0.05, 0.1) is 11.7 Å². The van der Waals surface area contributed by atoms with Gasteiger partial charge in [-0.1, -0.05) is 13.0 Å². The van der Waals surface area contributed by atoms with E-state index in [1.165, 1.54) is 6.42 Å². The molecular formula is C24H30N6O. The number of rotatable bonds is 3. The van der Waals surface area contributed by atoms with Gasteiger partial charge in [0.2, 0.25) is 0 Å². The number of likely N-dealkylation sites (tertiary alicyclic amines) is 1. The fraction of sp³-hybridized carbons (Fsp3) is 0.458. The average Bonchev–Trinajstić information content (AvgIpc) is 3.38. The molecule has 7 heteroatoms. The van der Waals surface area contributed by atoms with E-state index in [9.17, 15) is 4.79 Å². The normalized spacial score (nSPS) is 21.7. The number of hydrogen-bond acceptors (Lipinski definition) is 5. The van der Waals surface area contributed by atoms with Crippen molar-refractivity contribution in [3.63, 3.8) is 0 Å². The Bertz CT molecular complexity index is 1120. The van der Waals surface area contributed by atoms with Gasteiger partial charge in [-0.3, -0.25) is 4.79 Å². The molecule has 0 aliphatic carbocycles. The van der Waals surface area contributed by atoms with E-state index in [1.807, 2.05) is 21.5 Å². The molecule has 1 amide bonds. The first-order chi connectivity index (χ1) is 15.0. The first kappa shape index (κ1) is 19.8. The highest BCUT2D eigenvalue weighted by atomic mass is 16.2. The van der Waals surface area contributed by atoms with Gasteiger partial charge in [0, 0.05) is 48.7 Å². The van der Waals surface area contributed by atoms with E-state index in [0.29, 0.717) is 17.2 Å². The van der Waals surface area contributed by atoms with Crippen LogP contribution in [0.4, 0.5) is 11.5 Å². The van der Waals surface area contributed by atoms with Crippen LogP contribution in [0.2, 0.25) is 0 Å². The van der Waals surface area contributed by atoms with Gasteiger partial charge in [-0.05, 0) is 56.7 Å². The molecule has 5 rings (SSSR count). The maximum absolute atomic E-state index is 13.3. The molecule has 2 unspecified atom stereocenters. The summed E-state index contributed by atoms with van der Waals surface area (Å²) in [6.45, 7) is 7.23. The summed E-state index contributed by atoms with van der Waals surface area (Å²) in [6.07, 6.45) is 6.28. The number of nitrogen functional groups attached to an aromatic ring is 1. The van der Waals surface area contributed by atoms with Gasteiger partial charge < -0.3 is 15.5 Å². The molecule has 2 aromatic heterocycles. The van der Waals surface area contributed by atoms with Crippen LogP contribution in [0.1, 0.15) is 60.3 Å². The van der Waals surface area contributed by atoms with Gasteiger partial charge in [-0.25, -0.2) is 9.50 Å². The van der Waals surface area contributed by atoms with Gasteiger partial charge in [-0.2, -0.15) is 5.10 Å². The fourth-order valence-electron chi connectivity index (χ4n) is 4.95. The Hall–Kier alpha value is -3.09. The molecular weight excluding hydrogens is 388 g/mol. The van der Waals surface area contributed by atoms with Crippen LogP contribution in [0.15, 0.2) is 36.5 Å². The lowest BCUT2D eigenvalue weighted by Crippen LogP contribution is -2.38. The summed E-state index contributed by atoms with van der Waals surface area (Å²) in [5.41, 5.74) is 10.0. The number of hydrogen-bond donors (Lipinski definition) is 1. The van der Waals surface area contributed by atoms with Crippen molar-refractivity contribution in [2.75, 3.05) is 30.3 Å². The third-order valence-corrected chi connectivity index (χ3v) is 6.59. The summed E-state index contributed by atoms with van der Waals surface area (Å²) >= 11 is 0. The summed E-state index contributed by atoms with van der Waals surface area (Å²) in [5.74, 6) is 1.77. The van der Waals surface area contributed by atoms with Crippen LogP contribution in [0.25, 0.3) is 5.65 Å². The van der Waals surface area contributed by atoms with Crippen molar-refractivity contribution in [1.82, 2.24) is 19.5 Å². The number of piperidine rings is 1. The van der Waals surface area contributed by atoms with Crippen LogP contribution in [0.3, 0.4) is 0 Å². The number of fused-ring (bicyclic) bond motifs is 1. The molecule has 2 fully saturated rings. The van der Waals surface area contributed by atoms with Crippen LogP contribution in [0.5, 0.6) is 0 Å². The Labute approximate surface area is 182 Å². The molecule has 0 radical (unpaired) electrons. The number of amides is 1. The molecule has 0 bridgehead atoms. The van der Waals surface area contributed by atoms with E-state index in [2.05, 4.69) is 31.0 Å². The van der Waals surface area contributed by atoms with E-state index < -0.39 is 0 Å². The lowest BCUT2D eigenvalue weighted by atomic mass is 9.98. The van der Waals surface area contributed by atoms with E-state index in [4.69, 9.17) is 15.8 Å². The largest absolute Gasteiger partial charge is 0.399 e. The fourth-order valence-corrected chi connectivity index (χ4v) is 4.95. The highest BCUT2D eigenvalue weighted by Crippen LogP contribution is 2.33. The van der Waals surface area contributed by atoms with Gasteiger partial charge in [0.25, 0.3) is 5.91 Å². The Morgan fingerprint density at radius 1 is 1.16 bits per heavy atom. The molecule has 2 aliphatic heterocycles. The molecule has 0 spiro atoms. The van der Waals surface area contributed by atoms with Crippen molar-refractivity contribution in [3.05, 3.63) is 53.3 Å². The second-order valence-electron chi connectivity index (χ2n) is 9.09. The number of nitrogens with two attached hydrogens (primary N) is 1. The van der Waals surface area contributed by atoms with Crippen molar-refractivity contribution < 1.29 is 4.79 Å². The lowest BCUT2D eigenvalue weighted by molar-refractivity contribution is 0.0606. The second kappa shape index (κ2) is 7.87. The van der Waals surface area contributed by atoms with Crippen LogP contribution in [-0.4, -0.2) is 45.0 Å². The van der Waals surface area contributed by atoms with Crippen molar-refractivity contribution in [3.8, 4) is 0 Å². The van der Waals surface area contributed by atoms with Crippen LogP contribution >= 0.6 is 0 Å². The molecule has 2 atom stereocenters. The zero-order valence-electron chi connectivity index (χ0n) is 18.3. The minimum atomic E-state index is -0.0417. The maximum atomic E-state index is 13.3. The minimum absolute atomic E-state index is 0.0185. The van der Waals surface area contributed by atoms with Crippen LogP contribution in [-0.2, 0) is 0 Å². The van der Waals surface area contributed by atoms with Gasteiger partial charge in [-0.15, -0.1) is 0 Å². The molecule has 31 heavy (non-hydrogen) atoms. The topological polar surface area (TPSA) is 79.8 Å². The first-order valence-electron chi connectivity index (χ1n) is 11.3. The molecule has 2 N–H and O–H groups in total. The predicted molar refractivity (Wildman–Crippen MR) is 122 cm³/mol. The molecule has 1 aromatic carbocycles. The van der Waals surface area contributed by atoms with E-state index in [1.54, 1.807) is 12.1 Å². The monoisotopic (exact) mass is 418 g/mol. The smallest absolute Gasteiger partial charge is 0.254 e. The molecule has 2 saturated heterocycles. The lowest BCUT2D eigenvalue weighted by Gasteiger charge is -2.34. The number of carbonyl (C=O) groups excluding carboxylic acids is 1. The predicted octanol–water partition coefficient (Wildman–Crippen LogP) is 3.83. The van der Waals surface area contributed by atoms with E-state index in [0.717, 1.165) is 61.6 Å². The third-order valence-electron chi connectivity index (χ3n) is 6.59. The maximum Gasteiger partial charge on any atom is 0.254 e. The number of nitrogens with zero attached hydrogens (tertiary/aromatic N) is 5. The van der Waals surface area contributed by atoms with Crippen molar-refractivity contribution in [1.29, 1.82) is 0 Å². The Morgan fingerprint density at radius 2 is 2.03 bits per heavy atom. The quantitative estimate of drug-likeness (QED) is 0.654. The van der Waals surface area contributed by atoms with E-state index >= 15 is 0 Å². The standard InChI is InChI=1S/C24H30N6O/c1-16-9-11-28(14-16)23-17(2)15-30-22(26-23)13-20(27-30)21-8-3-4-10-29(21)24(31)18-6-5-7-19(25)12-18/h5-7,12-13,15-16,21H,3-4,8-11,14,25H2,1-2H3. The number of carbonyl (C=O) groups is 1. The molecule has 2 aliphatic rings. The van der Waals surface area contributed by atoms with Crippen molar-refractivity contribution >= 4 is 23.1 Å². The number of benzene rings is 1. The summed E-state index contributed by atoms with van der Waals surface area (Å²) < 4.78 is 1.87. The van der Waals surface area contributed by atoms with Crippen molar-refractivity contribution in [2.24, 2.45) is 5.92 Å². The molecule has 0 saturated carbocycles. The number of anilines is 2. The average molecular weight is 419 g/mol. The summed E-state index contributed by atoms with van der Waals surface area (Å²) in [5, 5.41) is 4.84. The van der Waals surface area contributed by atoms with E-state index in [-0.39, 0.29) is 11.9 Å². The van der Waals surface area contributed by atoms with Gasteiger partial charge in [0.1, 0.15) is 5.82 Å². The number of aryl methyl sites for hydroxylation is 1. The zero-order chi connectivity index (χ0) is 21.5. The Balaban J connectivity index is 1.47. The minimum Gasteiger partial charge on any atom is -0.399 e. The third kappa shape index (κ3) is 3.73. The molecule has 3 aromatic rings.